The first-order chi connectivity index (χ1) is 7.27. The minimum Gasteiger partial charge on any atom is -0.329 e. The lowest BCUT2D eigenvalue weighted by molar-refractivity contribution is 0.311. The van der Waals surface area contributed by atoms with Crippen molar-refractivity contribution in [2.24, 2.45) is 0 Å². The molecule has 0 N–H and O–H groups in total. The second-order valence-corrected chi connectivity index (χ2v) is 8.04. The lowest BCUT2D eigenvalue weighted by Gasteiger charge is -2.07. The van der Waals surface area contributed by atoms with Gasteiger partial charge in [-0.25, -0.2) is 0 Å². The molecule has 5 nitrogen and oxygen atoms in total. The van der Waals surface area contributed by atoms with Gasteiger partial charge in [-0.3, -0.25) is 8.75 Å². The van der Waals surface area contributed by atoms with Gasteiger partial charge in [-0.05, 0) is 12.8 Å². The molecule has 7 heteroatoms. The molecule has 0 aliphatic rings. The van der Waals surface area contributed by atoms with E-state index in [-0.39, 0.29) is 19.0 Å². The summed E-state index contributed by atoms with van der Waals surface area (Å²) in [5.74, 6) is 1.98. The molecular weight excluding hydrogens is 251 g/mol. The number of terminal acetylenes is 1. The lowest BCUT2D eigenvalue weighted by Crippen LogP contribution is -2.11. The van der Waals surface area contributed by atoms with E-state index in [2.05, 4.69) is 10.1 Å². The second-order valence-electron chi connectivity index (χ2n) is 3.52. The zero-order valence-electron chi connectivity index (χ0n) is 9.51. The SMILES string of the molecule is C#CCOS(=O)(=O)CCCCOP(C)(C)=O. The Morgan fingerprint density at radius 1 is 1.31 bits per heavy atom. The monoisotopic (exact) mass is 268 g/mol. The van der Waals surface area contributed by atoms with Crippen LogP contribution in [0.25, 0.3) is 0 Å². The molecule has 0 fully saturated rings. The third-order valence-electron chi connectivity index (χ3n) is 1.51. The Balaban J connectivity index is 3.67. The molecule has 0 heterocycles. The summed E-state index contributed by atoms with van der Waals surface area (Å²) in [5, 5.41) is 0. The van der Waals surface area contributed by atoms with Crippen LogP contribution in [0.5, 0.6) is 0 Å². The largest absolute Gasteiger partial charge is 0.329 e. The molecule has 0 amide bonds. The molecule has 0 aromatic carbocycles. The summed E-state index contributed by atoms with van der Waals surface area (Å²) >= 11 is 0. The van der Waals surface area contributed by atoms with E-state index in [0.29, 0.717) is 12.8 Å². The van der Waals surface area contributed by atoms with Gasteiger partial charge in [-0.2, -0.15) is 8.42 Å². The fourth-order valence-electron chi connectivity index (χ4n) is 0.848. The highest BCUT2D eigenvalue weighted by molar-refractivity contribution is 7.86. The number of rotatable bonds is 8. The van der Waals surface area contributed by atoms with Crippen LogP contribution >= 0.6 is 7.37 Å². The van der Waals surface area contributed by atoms with Crippen LogP contribution in [-0.4, -0.2) is 40.7 Å². The molecule has 0 unspecified atom stereocenters. The van der Waals surface area contributed by atoms with Gasteiger partial charge in [0.15, 0.2) is 7.37 Å². The summed E-state index contributed by atoms with van der Waals surface area (Å²) in [6.45, 7) is 3.08. The first-order valence-corrected chi connectivity index (χ1v) is 8.86. The van der Waals surface area contributed by atoms with Gasteiger partial charge < -0.3 is 4.52 Å². The van der Waals surface area contributed by atoms with E-state index in [1.165, 1.54) is 13.3 Å². The van der Waals surface area contributed by atoms with Gasteiger partial charge in [-0.15, -0.1) is 6.42 Å². The van der Waals surface area contributed by atoms with Gasteiger partial charge in [0.2, 0.25) is 0 Å². The van der Waals surface area contributed by atoms with Gasteiger partial charge >= 0.3 is 0 Å². The zero-order chi connectivity index (χ0) is 12.7. The van der Waals surface area contributed by atoms with Crippen molar-refractivity contribution in [2.75, 3.05) is 32.3 Å². The molecule has 0 rings (SSSR count). The quantitative estimate of drug-likeness (QED) is 0.287. The Hall–Kier alpha value is -0.340. The van der Waals surface area contributed by atoms with Crippen LogP contribution in [0, 0.1) is 12.3 Å². The molecule has 0 aliphatic heterocycles. The van der Waals surface area contributed by atoms with Crippen LogP contribution in [0.15, 0.2) is 0 Å². The Morgan fingerprint density at radius 3 is 2.44 bits per heavy atom. The predicted molar refractivity (Wildman–Crippen MR) is 63.2 cm³/mol. The van der Waals surface area contributed by atoms with Crippen molar-refractivity contribution < 1.29 is 21.7 Å². The maximum absolute atomic E-state index is 11.1. The van der Waals surface area contributed by atoms with Gasteiger partial charge in [-0.1, -0.05) is 5.92 Å². The van der Waals surface area contributed by atoms with Crippen molar-refractivity contribution in [2.45, 2.75) is 12.8 Å². The fraction of sp³-hybridized carbons (Fsp3) is 0.778. The van der Waals surface area contributed by atoms with Crippen molar-refractivity contribution in [3.8, 4) is 12.3 Å². The van der Waals surface area contributed by atoms with E-state index in [0.717, 1.165) is 0 Å². The summed E-state index contributed by atoms with van der Waals surface area (Å²) in [6.07, 6.45) is 5.78. The van der Waals surface area contributed by atoms with Gasteiger partial charge in [0, 0.05) is 13.3 Å². The first kappa shape index (κ1) is 15.7. The van der Waals surface area contributed by atoms with Crippen molar-refractivity contribution in [3.63, 3.8) is 0 Å². The molecule has 0 saturated heterocycles. The number of hydrogen-bond donors (Lipinski definition) is 0. The average Bonchev–Trinajstić information content (AvgIpc) is 2.12. The minimum absolute atomic E-state index is 0.101. The Labute approximate surface area is 97.1 Å². The third kappa shape index (κ3) is 10.2. The van der Waals surface area contributed by atoms with Crippen LogP contribution in [0.1, 0.15) is 12.8 Å². The molecular formula is C9H17O5PS. The number of hydrogen-bond acceptors (Lipinski definition) is 5. The minimum atomic E-state index is -3.53. The molecule has 0 aromatic heterocycles. The summed E-state index contributed by atoms with van der Waals surface area (Å²) in [6, 6.07) is 0. The highest BCUT2D eigenvalue weighted by atomic mass is 32.2. The molecule has 16 heavy (non-hydrogen) atoms. The van der Waals surface area contributed by atoms with E-state index in [9.17, 15) is 13.0 Å². The molecule has 0 aromatic rings. The number of unbranched alkanes of at least 4 members (excludes halogenated alkanes) is 1. The van der Waals surface area contributed by atoms with E-state index in [1.807, 2.05) is 0 Å². The Morgan fingerprint density at radius 2 is 1.94 bits per heavy atom. The van der Waals surface area contributed by atoms with E-state index in [1.54, 1.807) is 0 Å². The molecule has 0 bridgehead atoms. The maximum atomic E-state index is 11.1. The highest BCUT2D eigenvalue weighted by Crippen LogP contribution is 2.37. The van der Waals surface area contributed by atoms with E-state index < -0.39 is 17.5 Å². The summed E-state index contributed by atoms with van der Waals surface area (Å²) in [4.78, 5) is 0. The second kappa shape index (κ2) is 7.08. The van der Waals surface area contributed by atoms with Gasteiger partial charge in [0.1, 0.15) is 6.61 Å². The molecule has 0 aliphatic carbocycles. The highest BCUT2D eigenvalue weighted by Gasteiger charge is 2.11. The molecule has 94 valence electrons. The van der Waals surface area contributed by atoms with Crippen molar-refractivity contribution in [1.82, 2.24) is 0 Å². The summed E-state index contributed by atoms with van der Waals surface area (Å²) in [7, 11) is -6.00. The van der Waals surface area contributed by atoms with E-state index >= 15 is 0 Å². The van der Waals surface area contributed by atoms with Gasteiger partial charge in [0.05, 0.1) is 12.4 Å². The first-order valence-electron chi connectivity index (χ1n) is 4.77. The van der Waals surface area contributed by atoms with Crippen LogP contribution in [0.4, 0.5) is 0 Å². The van der Waals surface area contributed by atoms with Crippen molar-refractivity contribution in [1.29, 1.82) is 0 Å². The van der Waals surface area contributed by atoms with Crippen LogP contribution in [0.2, 0.25) is 0 Å². The Kier molecular flexibility index (Phi) is 6.93. The zero-order valence-corrected chi connectivity index (χ0v) is 11.2. The van der Waals surface area contributed by atoms with E-state index in [4.69, 9.17) is 10.9 Å². The van der Waals surface area contributed by atoms with Crippen molar-refractivity contribution >= 4 is 17.5 Å². The van der Waals surface area contributed by atoms with Gasteiger partial charge in [0.25, 0.3) is 10.1 Å². The van der Waals surface area contributed by atoms with Crippen molar-refractivity contribution in [3.05, 3.63) is 0 Å². The lowest BCUT2D eigenvalue weighted by atomic mass is 10.4. The standard InChI is InChI=1S/C9H17O5PS/c1-4-7-14-16(11,12)9-6-5-8-13-15(2,3)10/h1H,5-9H2,2-3H3. The van der Waals surface area contributed by atoms with Crippen LogP contribution in [0.3, 0.4) is 0 Å². The Bertz CT molecular complexity index is 375. The predicted octanol–water partition coefficient (Wildman–Crippen LogP) is 1.30. The van der Waals surface area contributed by atoms with Crippen LogP contribution < -0.4 is 0 Å². The molecule has 0 saturated carbocycles. The molecule has 0 atom stereocenters. The average molecular weight is 268 g/mol. The fourth-order valence-corrected chi connectivity index (χ4v) is 2.34. The molecule has 0 spiro atoms. The van der Waals surface area contributed by atoms with Crippen LogP contribution in [-0.2, 0) is 23.4 Å². The maximum Gasteiger partial charge on any atom is 0.268 e. The summed E-state index contributed by atoms with van der Waals surface area (Å²) in [5.41, 5.74) is 0. The topological polar surface area (TPSA) is 69.7 Å². The normalized spacial score (nSPS) is 12.3. The molecule has 0 radical (unpaired) electrons. The smallest absolute Gasteiger partial charge is 0.268 e. The third-order valence-corrected chi connectivity index (χ3v) is 3.58. The summed E-state index contributed by atoms with van der Waals surface area (Å²) < 4.78 is 42.9.